The maximum absolute atomic E-state index is 13.3. The van der Waals surface area contributed by atoms with Gasteiger partial charge in [-0.2, -0.15) is 0 Å². The summed E-state index contributed by atoms with van der Waals surface area (Å²) in [5.74, 6) is 0.223. The molecule has 188 valence electrons. The minimum atomic E-state index is -1.13. The molecule has 0 fully saturated rings. The van der Waals surface area contributed by atoms with E-state index in [2.05, 4.69) is 0 Å². The van der Waals surface area contributed by atoms with Gasteiger partial charge in [-0.05, 0) is 37.6 Å². The first-order valence-electron chi connectivity index (χ1n) is 11.3. The molecule has 8 nitrogen and oxygen atoms in total. The summed E-state index contributed by atoms with van der Waals surface area (Å²) >= 11 is 6.47. The average molecular weight is 534 g/mol. The van der Waals surface area contributed by atoms with Crippen molar-refractivity contribution in [3.05, 3.63) is 70.7 Å². The van der Waals surface area contributed by atoms with Gasteiger partial charge in [-0.15, -0.1) is 0 Å². The van der Waals surface area contributed by atoms with Crippen molar-refractivity contribution >= 4 is 29.2 Å². The van der Waals surface area contributed by atoms with Crippen LogP contribution in [0.3, 0.4) is 0 Å². The number of carbonyl (C=O) groups is 2. The van der Waals surface area contributed by atoms with Crippen molar-refractivity contribution in [1.29, 1.82) is 0 Å². The minimum Gasteiger partial charge on any atom is -0.549 e. The summed E-state index contributed by atoms with van der Waals surface area (Å²) in [6.45, 7) is 2.55. The molecule has 0 aliphatic carbocycles. The van der Waals surface area contributed by atoms with Crippen LogP contribution in [0.1, 0.15) is 35.2 Å². The van der Waals surface area contributed by atoms with E-state index in [1.165, 1.54) is 0 Å². The van der Waals surface area contributed by atoms with Crippen LogP contribution in [0.4, 0.5) is 5.69 Å². The standard InChI is InChI=1S/C27H26ClNO7.Na/c1-4-29(17-12-19(33-2)14-20(13-17)34-3)26(30)16-5-8-24(23(28)11-16)36-18-6-7-21-22(27(31)32)9-10-35-25(21)15-18;/h5-8,11-15,22H,4,9-10H2,1-3H3,(H,31,32);/q;+1/p-1. The van der Waals surface area contributed by atoms with Crippen molar-refractivity contribution in [2.45, 2.75) is 19.3 Å². The number of methoxy groups -OCH3 is 2. The van der Waals surface area contributed by atoms with Gasteiger partial charge in [0.2, 0.25) is 0 Å². The summed E-state index contributed by atoms with van der Waals surface area (Å²) in [5, 5.41) is 11.6. The van der Waals surface area contributed by atoms with Crippen LogP contribution in [0.15, 0.2) is 54.6 Å². The first-order chi connectivity index (χ1) is 17.3. The Labute approximate surface area is 242 Å². The molecular weight excluding hydrogens is 509 g/mol. The number of aliphatic carboxylic acids is 1. The molecule has 0 saturated heterocycles. The quantitative estimate of drug-likeness (QED) is 0.404. The van der Waals surface area contributed by atoms with Gasteiger partial charge in [0, 0.05) is 53.8 Å². The van der Waals surface area contributed by atoms with Crippen molar-refractivity contribution in [2.75, 3.05) is 32.3 Å². The van der Waals surface area contributed by atoms with E-state index in [0.717, 1.165) is 0 Å². The molecule has 37 heavy (non-hydrogen) atoms. The predicted molar refractivity (Wildman–Crippen MR) is 133 cm³/mol. The Bertz CT molecular complexity index is 1280. The van der Waals surface area contributed by atoms with Crippen LogP contribution in [0.2, 0.25) is 5.02 Å². The van der Waals surface area contributed by atoms with Gasteiger partial charge in [0.1, 0.15) is 28.7 Å². The Morgan fingerprint density at radius 2 is 1.73 bits per heavy atom. The molecule has 0 bridgehead atoms. The van der Waals surface area contributed by atoms with E-state index < -0.39 is 11.9 Å². The zero-order chi connectivity index (χ0) is 25.8. The van der Waals surface area contributed by atoms with E-state index in [4.69, 9.17) is 30.5 Å². The fourth-order valence-electron chi connectivity index (χ4n) is 4.07. The van der Waals surface area contributed by atoms with Crippen LogP contribution < -0.4 is 58.5 Å². The molecule has 1 heterocycles. The molecule has 0 aromatic heterocycles. The van der Waals surface area contributed by atoms with Gasteiger partial charge in [-0.1, -0.05) is 17.7 Å². The number of fused-ring (bicyclic) bond motifs is 1. The summed E-state index contributed by atoms with van der Waals surface area (Å²) in [5.41, 5.74) is 1.55. The Hall–Kier alpha value is -2.91. The van der Waals surface area contributed by atoms with E-state index in [1.54, 1.807) is 73.7 Å². The van der Waals surface area contributed by atoms with Gasteiger partial charge in [-0.3, -0.25) is 4.79 Å². The second-order valence-corrected chi connectivity index (χ2v) is 8.48. The van der Waals surface area contributed by atoms with Crippen LogP contribution in [0.5, 0.6) is 28.7 Å². The molecule has 3 aromatic rings. The topological polar surface area (TPSA) is 97.4 Å². The van der Waals surface area contributed by atoms with E-state index in [9.17, 15) is 14.7 Å². The second kappa shape index (κ2) is 12.6. The van der Waals surface area contributed by atoms with Crippen LogP contribution in [0, 0.1) is 0 Å². The van der Waals surface area contributed by atoms with Crippen LogP contribution in [-0.2, 0) is 4.79 Å². The number of rotatable bonds is 8. The fraction of sp³-hybridized carbons (Fsp3) is 0.259. The van der Waals surface area contributed by atoms with Crippen LogP contribution >= 0.6 is 11.6 Å². The number of carboxylic acid groups (broad SMARTS) is 1. The molecule has 4 rings (SSSR count). The first-order valence-corrected chi connectivity index (χ1v) is 11.7. The van der Waals surface area contributed by atoms with Crippen molar-refractivity contribution in [2.24, 2.45) is 0 Å². The largest absolute Gasteiger partial charge is 1.00 e. The number of hydrogen-bond acceptors (Lipinski definition) is 7. The van der Waals surface area contributed by atoms with E-state index in [-0.39, 0.29) is 47.1 Å². The number of hydrogen-bond donors (Lipinski definition) is 0. The van der Waals surface area contributed by atoms with Crippen molar-refractivity contribution < 1.29 is 63.2 Å². The number of ether oxygens (including phenoxy) is 4. The molecule has 3 aromatic carbocycles. The molecule has 1 aliphatic heterocycles. The molecule has 1 aliphatic rings. The summed E-state index contributed by atoms with van der Waals surface area (Å²) < 4.78 is 22.2. The summed E-state index contributed by atoms with van der Waals surface area (Å²) in [4.78, 5) is 26.3. The normalized spacial score (nSPS) is 13.9. The molecule has 1 unspecified atom stereocenters. The monoisotopic (exact) mass is 533 g/mol. The van der Waals surface area contributed by atoms with E-state index in [1.807, 2.05) is 6.92 Å². The molecule has 0 N–H and O–H groups in total. The van der Waals surface area contributed by atoms with Gasteiger partial charge < -0.3 is 33.7 Å². The van der Waals surface area contributed by atoms with E-state index in [0.29, 0.717) is 58.5 Å². The second-order valence-electron chi connectivity index (χ2n) is 8.08. The number of benzene rings is 3. The zero-order valence-corrected chi connectivity index (χ0v) is 23.8. The Morgan fingerprint density at radius 3 is 2.32 bits per heavy atom. The first kappa shape index (κ1) is 28.7. The van der Waals surface area contributed by atoms with Gasteiger partial charge in [-0.25, -0.2) is 0 Å². The molecule has 10 heteroatoms. The zero-order valence-electron chi connectivity index (χ0n) is 21.1. The minimum absolute atomic E-state index is 0. The molecule has 0 saturated carbocycles. The number of anilines is 1. The van der Waals surface area contributed by atoms with E-state index >= 15 is 0 Å². The number of carboxylic acids is 1. The van der Waals surface area contributed by atoms with Crippen molar-refractivity contribution in [3.63, 3.8) is 0 Å². The summed E-state index contributed by atoms with van der Waals surface area (Å²) in [6.07, 6.45) is 0.355. The third kappa shape index (κ3) is 6.33. The van der Waals surface area contributed by atoms with Gasteiger partial charge in [0.15, 0.2) is 0 Å². The molecule has 0 radical (unpaired) electrons. The Balaban J connectivity index is 0.00000380. The molecular formula is C27H25ClNNaO7. The summed E-state index contributed by atoms with van der Waals surface area (Å²) in [6, 6.07) is 14.9. The average Bonchev–Trinajstić information content (AvgIpc) is 2.89. The number of amides is 1. The molecule has 1 atom stereocenters. The fourth-order valence-corrected chi connectivity index (χ4v) is 4.29. The Morgan fingerprint density at radius 1 is 1.03 bits per heavy atom. The van der Waals surface area contributed by atoms with Gasteiger partial charge in [0.05, 0.1) is 31.5 Å². The maximum Gasteiger partial charge on any atom is 1.00 e. The number of carbonyl (C=O) groups excluding carboxylic acids is 2. The Kier molecular flexibility index (Phi) is 9.73. The number of nitrogens with zero attached hydrogens (tertiary/aromatic N) is 1. The van der Waals surface area contributed by atoms with Crippen LogP contribution in [0.25, 0.3) is 0 Å². The van der Waals surface area contributed by atoms with Crippen molar-refractivity contribution in [3.8, 4) is 28.7 Å². The smallest absolute Gasteiger partial charge is 0.549 e. The number of halogens is 1. The predicted octanol–water partition coefficient (Wildman–Crippen LogP) is 1.44. The third-order valence-electron chi connectivity index (χ3n) is 5.92. The summed E-state index contributed by atoms with van der Waals surface area (Å²) in [7, 11) is 3.09. The molecule has 0 spiro atoms. The van der Waals surface area contributed by atoms with Crippen molar-refractivity contribution in [1.82, 2.24) is 0 Å². The third-order valence-corrected chi connectivity index (χ3v) is 6.22. The molecule has 1 amide bonds. The maximum atomic E-state index is 13.3. The SMILES string of the molecule is CCN(C(=O)c1ccc(Oc2ccc3c(c2)OCCC3C(=O)[O-])c(Cl)c1)c1cc(OC)cc(OC)c1.[Na+]. The van der Waals surface area contributed by atoms with Gasteiger partial charge >= 0.3 is 29.6 Å². The van der Waals surface area contributed by atoms with Crippen LogP contribution in [-0.4, -0.2) is 39.2 Å². The van der Waals surface area contributed by atoms with Gasteiger partial charge in [0.25, 0.3) is 5.91 Å².